The van der Waals surface area contributed by atoms with Crippen LogP contribution in [0.1, 0.15) is 13.8 Å². The molecule has 0 spiro atoms. The average molecular weight is 484 g/mol. The van der Waals surface area contributed by atoms with Crippen LogP contribution in [0.25, 0.3) is 11.3 Å². The predicted octanol–water partition coefficient (Wildman–Crippen LogP) is 4.87. The van der Waals surface area contributed by atoms with Crippen LogP contribution in [0.3, 0.4) is 0 Å². The Kier molecular flexibility index (Phi) is 7.41. The highest BCUT2D eigenvalue weighted by molar-refractivity contribution is 6.30. The number of morpholine rings is 1. The van der Waals surface area contributed by atoms with Crippen molar-refractivity contribution in [2.24, 2.45) is 7.05 Å². The molecule has 180 valence electrons. The molecule has 34 heavy (non-hydrogen) atoms. The van der Waals surface area contributed by atoms with Gasteiger partial charge in [0.15, 0.2) is 0 Å². The summed E-state index contributed by atoms with van der Waals surface area (Å²) in [7, 11) is 1.88. The molecule has 2 heterocycles. The van der Waals surface area contributed by atoms with Crippen LogP contribution in [-0.4, -0.2) is 59.2 Å². The number of ether oxygens (including phenoxy) is 2. The number of hydrogen-bond donors (Lipinski definition) is 2. The van der Waals surface area contributed by atoms with Crippen molar-refractivity contribution < 1.29 is 14.3 Å². The van der Waals surface area contributed by atoms with Crippen molar-refractivity contribution in [1.29, 1.82) is 0 Å². The van der Waals surface area contributed by atoms with Gasteiger partial charge in [0.1, 0.15) is 12.4 Å². The van der Waals surface area contributed by atoms with Crippen molar-refractivity contribution >= 4 is 29.0 Å². The topological polar surface area (TPSA) is 80.7 Å². The van der Waals surface area contributed by atoms with E-state index in [2.05, 4.69) is 34.5 Å². The number of urea groups is 1. The van der Waals surface area contributed by atoms with Gasteiger partial charge in [-0.25, -0.2) is 4.79 Å². The lowest BCUT2D eigenvalue weighted by molar-refractivity contribution is -0.0250. The van der Waals surface area contributed by atoms with Crippen LogP contribution < -0.4 is 15.4 Å². The molecule has 0 radical (unpaired) electrons. The fourth-order valence-corrected chi connectivity index (χ4v) is 4.04. The fraction of sp³-hybridized carbons (Fsp3) is 0.360. The molecule has 0 bridgehead atoms. The molecule has 4 rings (SSSR count). The zero-order chi connectivity index (χ0) is 24.1. The van der Waals surface area contributed by atoms with E-state index in [9.17, 15) is 4.79 Å². The molecular formula is C25H30ClN5O3. The fourth-order valence-electron chi connectivity index (χ4n) is 3.91. The van der Waals surface area contributed by atoms with Crippen LogP contribution in [0.4, 0.5) is 16.2 Å². The lowest BCUT2D eigenvalue weighted by atomic mass is 10.0. The van der Waals surface area contributed by atoms with Crippen molar-refractivity contribution in [3.05, 3.63) is 59.8 Å². The van der Waals surface area contributed by atoms with Gasteiger partial charge in [-0.1, -0.05) is 11.6 Å². The number of nitrogens with zero attached hydrogens (tertiary/aromatic N) is 3. The minimum Gasteiger partial charge on any atom is -0.491 e. The van der Waals surface area contributed by atoms with Crippen molar-refractivity contribution in [3.8, 4) is 17.0 Å². The Labute approximate surface area is 204 Å². The zero-order valence-corrected chi connectivity index (χ0v) is 20.4. The lowest BCUT2D eigenvalue weighted by Gasteiger charge is -2.40. The lowest BCUT2D eigenvalue weighted by Crippen LogP contribution is -2.53. The monoisotopic (exact) mass is 483 g/mol. The molecule has 9 heteroatoms. The van der Waals surface area contributed by atoms with Crippen LogP contribution >= 0.6 is 11.6 Å². The molecular weight excluding hydrogens is 454 g/mol. The molecule has 2 aromatic carbocycles. The Bertz CT molecular complexity index is 1120. The summed E-state index contributed by atoms with van der Waals surface area (Å²) in [6.07, 6.45) is 1.74. The van der Waals surface area contributed by atoms with E-state index in [1.54, 1.807) is 35.1 Å². The van der Waals surface area contributed by atoms with Gasteiger partial charge >= 0.3 is 6.03 Å². The molecule has 0 saturated carbocycles. The molecule has 0 atom stereocenters. The Morgan fingerprint density at radius 1 is 1.09 bits per heavy atom. The second kappa shape index (κ2) is 10.5. The molecule has 0 unspecified atom stereocenters. The largest absolute Gasteiger partial charge is 0.491 e. The molecule has 1 aliphatic rings. The molecule has 1 aliphatic heterocycles. The van der Waals surface area contributed by atoms with Gasteiger partial charge in [-0.3, -0.25) is 9.58 Å². The van der Waals surface area contributed by atoms with Crippen molar-refractivity contribution in [3.63, 3.8) is 0 Å². The van der Waals surface area contributed by atoms with E-state index in [1.165, 1.54) is 0 Å². The molecule has 1 aromatic heterocycles. The normalized spacial score (nSPS) is 14.6. The van der Waals surface area contributed by atoms with Gasteiger partial charge in [-0.15, -0.1) is 0 Å². The van der Waals surface area contributed by atoms with Crippen molar-refractivity contribution in [2.75, 3.05) is 43.5 Å². The molecule has 1 saturated heterocycles. The Morgan fingerprint density at radius 2 is 1.76 bits per heavy atom. The maximum Gasteiger partial charge on any atom is 0.323 e. The highest BCUT2D eigenvalue weighted by atomic mass is 35.5. The quantitative estimate of drug-likeness (QED) is 0.501. The third kappa shape index (κ3) is 5.88. The summed E-state index contributed by atoms with van der Waals surface area (Å²) in [5.74, 6) is 0.730. The molecule has 2 amide bonds. The summed E-state index contributed by atoms with van der Waals surface area (Å²) < 4.78 is 13.6. The van der Waals surface area contributed by atoms with Crippen LogP contribution in [-0.2, 0) is 11.8 Å². The second-order valence-corrected chi connectivity index (χ2v) is 9.27. The van der Waals surface area contributed by atoms with E-state index in [-0.39, 0.29) is 11.6 Å². The minimum absolute atomic E-state index is 0.150. The first kappa shape index (κ1) is 24.1. The van der Waals surface area contributed by atoms with Gasteiger partial charge in [0.25, 0.3) is 0 Å². The third-order valence-corrected chi connectivity index (χ3v) is 6.14. The van der Waals surface area contributed by atoms with Gasteiger partial charge in [0.05, 0.1) is 18.9 Å². The maximum absolute atomic E-state index is 12.5. The van der Waals surface area contributed by atoms with E-state index < -0.39 is 0 Å². The van der Waals surface area contributed by atoms with E-state index in [0.717, 1.165) is 43.3 Å². The Balaban J connectivity index is 1.51. The molecule has 3 aromatic rings. The number of carbonyl (C=O) groups excluding carboxylic acids is 1. The highest BCUT2D eigenvalue weighted by Gasteiger charge is 2.29. The number of aryl methyl sites for hydroxylation is 1. The number of nitrogens with one attached hydrogen (secondary N) is 2. The van der Waals surface area contributed by atoms with Gasteiger partial charge in [0, 0.05) is 53.8 Å². The van der Waals surface area contributed by atoms with Gasteiger partial charge in [-0.05, 0) is 62.4 Å². The van der Waals surface area contributed by atoms with Crippen molar-refractivity contribution in [2.45, 2.75) is 19.4 Å². The molecule has 8 nitrogen and oxygen atoms in total. The SMILES string of the molecule is Cn1nccc1-c1cc(NC(=O)Nc2ccc(Cl)cc2)ccc1OCC(C)(C)N1CCOCC1. The summed E-state index contributed by atoms with van der Waals surface area (Å²) in [5, 5.41) is 10.6. The third-order valence-electron chi connectivity index (χ3n) is 5.88. The number of benzene rings is 2. The number of amides is 2. The minimum atomic E-state index is -0.347. The molecule has 0 aliphatic carbocycles. The van der Waals surface area contributed by atoms with Crippen LogP contribution in [0.2, 0.25) is 5.02 Å². The second-order valence-electron chi connectivity index (χ2n) is 8.84. The van der Waals surface area contributed by atoms with Crippen LogP contribution in [0.5, 0.6) is 5.75 Å². The maximum atomic E-state index is 12.5. The molecule has 2 N–H and O–H groups in total. The highest BCUT2D eigenvalue weighted by Crippen LogP contribution is 2.33. The Morgan fingerprint density at radius 3 is 2.44 bits per heavy atom. The van der Waals surface area contributed by atoms with E-state index in [4.69, 9.17) is 21.1 Å². The summed E-state index contributed by atoms with van der Waals surface area (Å²) in [5.41, 5.74) is 2.88. The first-order chi connectivity index (χ1) is 16.3. The van der Waals surface area contributed by atoms with Gasteiger partial charge in [-0.2, -0.15) is 5.10 Å². The van der Waals surface area contributed by atoms with Crippen molar-refractivity contribution in [1.82, 2.24) is 14.7 Å². The van der Waals surface area contributed by atoms with E-state index >= 15 is 0 Å². The van der Waals surface area contributed by atoms with Crippen LogP contribution in [0, 0.1) is 0 Å². The molecule has 1 fully saturated rings. The summed E-state index contributed by atoms with van der Waals surface area (Å²) >= 11 is 5.91. The first-order valence-corrected chi connectivity index (χ1v) is 11.6. The van der Waals surface area contributed by atoms with E-state index in [0.29, 0.717) is 23.0 Å². The Hall–Kier alpha value is -3.07. The smallest absolute Gasteiger partial charge is 0.323 e. The number of halogens is 1. The number of aromatic nitrogens is 2. The number of rotatable bonds is 7. The zero-order valence-electron chi connectivity index (χ0n) is 19.7. The number of carbonyl (C=O) groups is 1. The summed E-state index contributed by atoms with van der Waals surface area (Å²) in [6.45, 7) is 8.12. The number of anilines is 2. The summed E-state index contributed by atoms with van der Waals surface area (Å²) in [6, 6.07) is 14.1. The summed E-state index contributed by atoms with van der Waals surface area (Å²) in [4.78, 5) is 14.9. The first-order valence-electron chi connectivity index (χ1n) is 11.2. The predicted molar refractivity (Wildman–Crippen MR) is 135 cm³/mol. The van der Waals surface area contributed by atoms with E-state index in [1.807, 2.05) is 31.3 Å². The van der Waals surface area contributed by atoms with Gasteiger partial charge < -0.3 is 20.1 Å². The standard InChI is InChI=1S/C25H30ClN5O3/c1-25(2,31-12-14-33-15-13-31)17-34-23-9-8-20(16-21(23)22-10-11-27-30(22)3)29-24(32)28-19-6-4-18(26)5-7-19/h4-11,16H,12-15,17H2,1-3H3,(H2,28,29,32). The average Bonchev–Trinajstić information content (AvgIpc) is 3.26. The van der Waals surface area contributed by atoms with Gasteiger partial charge in [0.2, 0.25) is 0 Å². The number of hydrogen-bond acceptors (Lipinski definition) is 5. The van der Waals surface area contributed by atoms with Crippen LogP contribution in [0.15, 0.2) is 54.7 Å².